The molecule has 1 aromatic carbocycles. The SMILES string of the molecule is C=C(C)CNC(=NCC(=O)N(C)C)N(C)Cc1ccc(OC)cc1. The summed E-state index contributed by atoms with van der Waals surface area (Å²) in [5.74, 6) is 1.46. The molecular formula is C18H28N4O2. The predicted molar refractivity (Wildman–Crippen MR) is 98.3 cm³/mol. The molecule has 0 radical (unpaired) electrons. The lowest BCUT2D eigenvalue weighted by molar-refractivity contribution is -0.127. The number of nitrogens with zero attached hydrogens (tertiary/aromatic N) is 3. The number of benzene rings is 1. The van der Waals surface area contributed by atoms with Crippen molar-refractivity contribution in [1.82, 2.24) is 15.1 Å². The van der Waals surface area contributed by atoms with E-state index < -0.39 is 0 Å². The van der Waals surface area contributed by atoms with E-state index in [1.807, 2.05) is 43.1 Å². The topological polar surface area (TPSA) is 57.2 Å². The summed E-state index contributed by atoms with van der Waals surface area (Å²) in [5, 5.41) is 3.24. The van der Waals surface area contributed by atoms with Gasteiger partial charge >= 0.3 is 0 Å². The first-order chi connectivity index (χ1) is 11.3. The van der Waals surface area contributed by atoms with Crippen LogP contribution in [0.15, 0.2) is 41.4 Å². The van der Waals surface area contributed by atoms with Crippen LogP contribution in [0.5, 0.6) is 5.75 Å². The molecule has 0 saturated carbocycles. The Kier molecular flexibility index (Phi) is 7.82. The Morgan fingerprint density at radius 2 is 1.88 bits per heavy atom. The van der Waals surface area contributed by atoms with Crippen LogP contribution in [0.2, 0.25) is 0 Å². The summed E-state index contributed by atoms with van der Waals surface area (Å²) in [6.45, 7) is 7.22. The summed E-state index contributed by atoms with van der Waals surface area (Å²) < 4.78 is 5.17. The largest absolute Gasteiger partial charge is 0.497 e. The molecule has 132 valence electrons. The van der Waals surface area contributed by atoms with Crippen molar-refractivity contribution in [3.05, 3.63) is 42.0 Å². The highest BCUT2D eigenvalue weighted by Crippen LogP contribution is 2.12. The van der Waals surface area contributed by atoms with E-state index in [2.05, 4.69) is 16.9 Å². The van der Waals surface area contributed by atoms with E-state index in [0.717, 1.165) is 16.9 Å². The number of carbonyl (C=O) groups excluding carboxylic acids is 1. The first-order valence-corrected chi connectivity index (χ1v) is 7.80. The second-order valence-corrected chi connectivity index (χ2v) is 5.94. The maximum Gasteiger partial charge on any atom is 0.243 e. The number of ether oxygens (including phenoxy) is 1. The Morgan fingerprint density at radius 3 is 2.38 bits per heavy atom. The van der Waals surface area contributed by atoms with Crippen LogP contribution in [0.1, 0.15) is 12.5 Å². The van der Waals surface area contributed by atoms with Crippen LogP contribution in [0.25, 0.3) is 0 Å². The number of hydrogen-bond donors (Lipinski definition) is 1. The summed E-state index contributed by atoms with van der Waals surface area (Å²) >= 11 is 0. The van der Waals surface area contributed by atoms with Gasteiger partial charge in [0.15, 0.2) is 5.96 Å². The van der Waals surface area contributed by atoms with Crippen LogP contribution in [0.4, 0.5) is 0 Å². The van der Waals surface area contributed by atoms with E-state index in [4.69, 9.17) is 4.74 Å². The van der Waals surface area contributed by atoms with Crippen molar-refractivity contribution < 1.29 is 9.53 Å². The van der Waals surface area contributed by atoms with Gasteiger partial charge in [-0.2, -0.15) is 0 Å². The molecule has 6 heteroatoms. The van der Waals surface area contributed by atoms with Crippen molar-refractivity contribution in [1.29, 1.82) is 0 Å². The van der Waals surface area contributed by atoms with Gasteiger partial charge in [0, 0.05) is 34.2 Å². The molecule has 0 saturated heterocycles. The van der Waals surface area contributed by atoms with Crippen LogP contribution in [0.3, 0.4) is 0 Å². The maximum atomic E-state index is 11.8. The minimum Gasteiger partial charge on any atom is -0.497 e. The number of carbonyl (C=O) groups is 1. The molecule has 0 aliphatic carbocycles. The Bertz CT molecular complexity index is 579. The number of nitrogens with one attached hydrogen (secondary N) is 1. The van der Waals surface area contributed by atoms with Crippen LogP contribution in [-0.2, 0) is 11.3 Å². The zero-order chi connectivity index (χ0) is 18.1. The van der Waals surface area contributed by atoms with Crippen molar-refractivity contribution in [2.45, 2.75) is 13.5 Å². The van der Waals surface area contributed by atoms with Gasteiger partial charge in [0.05, 0.1) is 7.11 Å². The summed E-state index contributed by atoms with van der Waals surface area (Å²) in [6.07, 6.45) is 0. The monoisotopic (exact) mass is 332 g/mol. The van der Waals surface area contributed by atoms with Crippen molar-refractivity contribution in [2.24, 2.45) is 4.99 Å². The predicted octanol–water partition coefficient (Wildman–Crippen LogP) is 1.74. The lowest BCUT2D eigenvalue weighted by Crippen LogP contribution is -2.40. The second-order valence-electron chi connectivity index (χ2n) is 5.94. The molecule has 0 aromatic heterocycles. The number of aliphatic imine (C=N–C) groups is 1. The molecule has 0 aliphatic heterocycles. The summed E-state index contributed by atoms with van der Waals surface area (Å²) in [7, 11) is 7.03. The lowest BCUT2D eigenvalue weighted by Gasteiger charge is -2.23. The van der Waals surface area contributed by atoms with Gasteiger partial charge in [-0.15, -0.1) is 0 Å². The van der Waals surface area contributed by atoms with E-state index in [-0.39, 0.29) is 12.5 Å². The molecule has 0 aliphatic rings. The van der Waals surface area contributed by atoms with Crippen LogP contribution < -0.4 is 10.1 Å². The smallest absolute Gasteiger partial charge is 0.243 e. The third-order valence-electron chi connectivity index (χ3n) is 3.35. The first kappa shape index (κ1) is 19.5. The quantitative estimate of drug-likeness (QED) is 0.469. The summed E-state index contributed by atoms with van der Waals surface area (Å²) in [4.78, 5) is 19.7. The van der Waals surface area contributed by atoms with E-state index in [1.165, 1.54) is 4.90 Å². The molecule has 1 aromatic rings. The molecule has 1 rings (SSSR count). The molecule has 0 spiro atoms. The fourth-order valence-corrected chi connectivity index (χ4v) is 1.91. The molecule has 0 unspecified atom stereocenters. The van der Waals surface area contributed by atoms with Gasteiger partial charge in [-0.25, -0.2) is 4.99 Å². The molecule has 1 N–H and O–H groups in total. The number of guanidine groups is 1. The number of likely N-dealkylation sites (N-methyl/N-ethyl adjacent to an activating group) is 1. The van der Waals surface area contributed by atoms with Crippen molar-refractivity contribution in [2.75, 3.05) is 41.3 Å². The minimum absolute atomic E-state index is 0.0394. The van der Waals surface area contributed by atoms with Gasteiger partial charge in [0.2, 0.25) is 5.91 Å². The van der Waals surface area contributed by atoms with E-state index in [1.54, 1.807) is 21.2 Å². The van der Waals surface area contributed by atoms with Gasteiger partial charge in [0.1, 0.15) is 12.3 Å². The molecule has 0 fully saturated rings. The van der Waals surface area contributed by atoms with E-state index >= 15 is 0 Å². The number of methoxy groups -OCH3 is 1. The van der Waals surface area contributed by atoms with Gasteiger partial charge < -0.3 is 19.9 Å². The van der Waals surface area contributed by atoms with Gasteiger partial charge in [0.25, 0.3) is 0 Å². The summed E-state index contributed by atoms with van der Waals surface area (Å²) in [5.41, 5.74) is 2.13. The van der Waals surface area contributed by atoms with Gasteiger partial charge in [-0.05, 0) is 24.6 Å². The molecule has 24 heavy (non-hydrogen) atoms. The number of amides is 1. The molecular weight excluding hydrogens is 304 g/mol. The minimum atomic E-state index is -0.0394. The second kappa shape index (κ2) is 9.60. The summed E-state index contributed by atoms with van der Waals surface area (Å²) in [6, 6.07) is 7.88. The standard InChI is InChI=1S/C18H28N4O2/c1-14(2)11-19-18(20-12-17(23)21(3)4)22(5)13-15-7-9-16(24-6)10-8-15/h7-10H,1,11-13H2,2-6H3,(H,19,20). The molecule has 0 atom stereocenters. The van der Waals surface area contributed by atoms with Crippen LogP contribution >= 0.6 is 0 Å². The zero-order valence-electron chi connectivity index (χ0n) is 15.3. The average Bonchev–Trinajstić information content (AvgIpc) is 2.54. The van der Waals surface area contributed by atoms with Gasteiger partial charge in [-0.1, -0.05) is 24.3 Å². The zero-order valence-corrected chi connectivity index (χ0v) is 15.3. The third-order valence-corrected chi connectivity index (χ3v) is 3.35. The van der Waals surface area contributed by atoms with Crippen molar-refractivity contribution >= 4 is 11.9 Å². The van der Waals surface area contributed by atoms with Crippen LogP contribution in [0, 0.1) is 0 Å². The number of hydrogen-bond acceptors (Lipinski definition) is 3. The Labute approximate surface area is 144 Å². The fourth-order valence-electron chi connectivity index (χ4n) is 1.91. The highest BCUT2D eigenvalue weighted by atomic mass is 16.5. The Morgan fingerprint density at radius 1 is 1.25 bits per heavy atom. The maximum absolute atomic E-state index is 11.8. The molecule has 6 nitrogen and oxygen atoms in total. The highest BCUT2D eigenvalue weighted by Gasteiger charge is 2.09. The third kappa shape index (κ3) is 6.73. The first-order valence-electron chi connectivity index (χ1n) is 7.80. The molecule has 0 heterocycles. The number of rotatable bonds is 7. The normalized spacial score (nSPS) is 11.0. The van der Waals surface area contributed by atoms with Crippen molar-refractivity contribution in [3.63, 3.8) is 0 Å². The Balaban J connectivity index is 2.80. The van der Waals surface area contributed by atoms with E-state index in [9.17, 15) is 4.79 Å². The molecule has 0 bridgehead atoms. The van der Waals surface area contributed by atoms with Crippen molar-refractivity contribution in [3.8, 4) is 5.75 Å². The lowest BCUT2D eigenvalue weighted by atomic mass is 10.2. The van der Waals surface area contributed by atoms with Crippen LogP contribution in [-0.4, -0.2) is 63.0 Å². The fraction of sp³-hybridized carbons (Fsp3) is 0.444. The average molecular weight is 332 g/mol. The van der Waals surface area contributed by atoms with E-state index in [0.29, 0.717) is 19.0 Å². The van der Waals surface area contributed by atoms with Gasteiger partial charge in [-0.3, -0.25) is 4.79 Å². The Hall–Kier alpha value is -2.50. The highest BCUT2D eigenvalue weighted by molar-refractivity contribution is 5.84. The molecule has 1 amide bonds.